The molecule has 2 saturated carbocycles. The Labute approximate surface area is 133 Å². The van der Waals surface area contributed by atoms with Crippen molar-refractivity contribution in [3.8, 4) is 0 Å². The van der Waals surface area contributed by atoms with E-state index in [4.69, 9.17) is 0 Å². The molecule has 21 heavy (non-hydrogen) atoms. The summed E-state index contributed by atoms with van der Waals surface area (Å²) >= 11 is 0. The third-order valence-electron chi connectivity index (χ3n) is 5.90. The molecule has 0 saturated heterocycles. The Balaban J connectivity index is 1.86. The molecule has 2 heteroatoms. The number of nitrogens with one attached hydrogen (secondary N) is 1. The molecule has 4 unspecified atom stereocenters. The Hall–Kier alpha value is -0.0800. The van der Waals surface area contributed by atoms with Gasteiger partial charge in [0.25, 0.3) is 0 Å². The van der Waals surface area contributed by atoms with Gasteiger partial charge in [-0.25, -0.2) is 0 Å². The first-order chi connectivity index (χ1) is 10.1. The van der Waals surface area contributed by atoms with E-state index in [1.165, 1.54) is 64.6 Å². The van der Waals surface area contributed by atoms with Crippen molar-refractivity contribution < 1.29 is 0 Å². The zero-order valence-corrected chi connectivity index (χ0v) is 14.9. The van der Waals surface area contributed by atoms with Gasteiger partial charge in [-0.05, 0) is 69.4 Å². The van der Waals surface area contributed by atoms with Crippen LogP contribution in [0, 0.1) is 23.7 Å². The molecule has 0 heterocycles. The minimum Gasteiger partial charge on any atom is -0.314 e. The van der Waals surface area contributed by atoms with E-state index < -0.39 is 0 Å². The maximum absolute atomic E-state index is 3.85. The topological polar surface area (TPSA) is 15.3 Å². The van der Waals surface area contributed by atoms with Crippen molar-refractivity contribution in [2.45, 2.75) is 71.8 Å². The third-order valence-corrected chi connectivity index (χ3v) is 5.90. The highest BCUT2D eigenvalue weighted by Crippen LogP contribution is 2.34. The molecule has 2 aliphatic rings. The maximum atomic E-state index is 3.85. The summed E-state index contributed by atoms with van der Waals surface area (Å²) in [5.41, 5.74) is 0. The molecule has 0 radical (unpaired) electrons. The second-order valence-corrected chi connectivity index (χ2v) is 8.15. The highest BCUT2D eigenvalue weighted by Gasteiger charge is 2.34. The largest absolute Gasteiger partial charge is 0.314 e. The van der Waals surface area contributed by atoms with Crippen molar-refractivity contribution in [1.82, 2.24) is 10.2 Å². The predicted molar refractivity (Wildman–Crippen MR) is 92.6 cm³/mol. The van der Waals surface area contributed by atoms with Gasteiger partial charge in [0.2, 0.25) is 0 Å². The monoisotopic (exact) mass is 294 g/mol. The normalized spacial score (nSPS) is 34.7. The van der Waals surface area contributed by atoms with Crippen LogP contribution in [0.4, 0.5) is 0 Å². The molecular weight excluding hydrogens is 256 g/mol. The molecule has 0 aromatic rings. The fraction of sp³-hybridized carbons (Fsp3) is 1.00. The van der Waals surface area contributed by atoms with Crippen molar-refractivity contribution >= 4 is 0 Å². The summed E-state index contributed by atoms with van der Waals surface area (Å²) in [4.78, 5) is 2.65. The van der Waals surface area contributed by atoms with Crippen molar-refractivity contribution in [3.05, 3.63) is 0 Å². The van der Waals surface area contributed by atoms with E-state index in [1.807, 2.05) is 0 Å². The molecule has 0 spiro atoms. The van der Waals surface area contributed by atoms with Gasteiger partial charge in [0.15, 0.2) is 0 Å². The lowest BCUT2D eigenvalue weighted by molar-refractivity contribution is 0.105. The summed E-state index contributed by atoms with van der Waals surface area (Å²) in [7, 11) is 2.36. The van der Waals surface area contributed by atoms with Crippen LogP contribution in [0.15, 0.2) is 0 Å². The minimum absolute atomic E-state index is 0.745. The molecular formula is C19H38N2. The lowest BCUT2D eigenvalue weighted by Crippen LogP contribution is -2.49. The van der Waals surface area contributed by atoms with Gasteiger partial charge in [0.1, 0.15) is 0 Å². The summed E-state index contributed by atoms with van der Waals surface area (Å²) in [6, 6.07) is 0.745. The summed E-state index contributed by atoms with van der Waals surface area (Å²) < 4.78 is 0. The molecule has 0 bridgehead atoms. The second-order valence-electron chi connectivity index (χ2n) is 8.15. The van der Waals surface area contributed by atoms with Crippen LogP contribution in [0.5, 0.6) is 0 Å². The molecule has 0 amide bonds. The van der Waals surface area contributed by atoms with E-state index >= 15 is 0 Å². The zero-order chi connectivity index (χ0) is 15.2. The van der Waals surface area contributed by atoms with Gasteiger partial charge in [0.05, 0.1) is 0 Å². The number of hydrogen-bond donors (Lipinski definition) is 1. The minimum atomic E-state index is 0.745. The van der Waals surface area contributed by atoms with Gasteiger partial charge in [-0.2, -0.15) is 0 Å². The van der Waals surface area contributed by atoms with Crippen LogP contribution in [-0.2, 0) is 0 Å². The fourth-order valence-corrected chi connectivity index (χ4v) is 4.85. The van der Waals surface area contributed by atoms with E-state index in [9.17, 15) is 0 Å². The lowest BCUT2D eigenvalue weighted by Gasteiger charge is -2.42. The smallest absolute Gasteiger partial charge is 0.0113 e. The Morgan fingerprint density at radius 3 is 2.43 bits per heavy atom. The Morgan fingerprint density at radius 1 is 1.05 bits per heavy atom. The number of nitrogens with zero attached hydrogens (tertiary/aromatic N) is 1. The van der Waals surface area contributed by atoms with E-state index in [0.29, 0.717) is 0 Å². The maximum Gasteiger partial charge on any atom is 0.0113 e. The van der Waals surface area contributed by atoms with Crippen LogP contribution in [0.1, 0.15) is 65.7 Å². The number of rotatable bonds is 7. The van der Waals surface area contributed by atoms with Crippen LogP contribution in [-0.4, -0.2) is 37.6 Å². The van der Waals surface area contributed by atoms with Gasteiger partial charge in [-0.3, -0.25) is 0 Å². The molecule has 0 aromatic heterocycles. The molecule has 2 fully saturated rings. The summed E-state index contributed by atoms with van der Waals surface area (Å²) in [6.07, 6.45) is 9.94. The second kappa shape index (κ2) is 8.53. The fourth-order valence-electron chi connectivity index (χ4n) is 4.85. The van der Waals surface area contributed by atoms with Gasteiger partial charge < -0.3 is 10.2 Å². The SMILES string of the molecule is CCCNC1CC(C)CC(C)C1CN(C)CC1CCCC1. The quantitative estimate of drug-likeness (QED) is 0.758. The van der Waals surface area contributed by atoms with E-state index in [0.717, 1.165) is 29.7 Å². The molecule has 2 rings (SSSR count). The van der Waals surface area contributed by atoms with Crippen molar-refractivity contribution in [3.63, 3.8) is 0 Å². The van der Waals surface area contributed by atoms with Crippen LogP contribution in [0.3, 0.4) is 0 Å². The Bertz CT molecular complexity index is 285. The van der Waals surface area contributed by atoms with E-state index in [1.54, 1.807) is 0 Å². The molecule has 0 aromatic carbocycles. The van der Waals surface area contributed by atoms with Crippen molar-refractivity contribution in [2.24, 2.45) is 23.7 Å². The Morgan fingerprint density at radius 2 is 1.76 bits per heavy atom. The third kappa shape index (κ3) is 5.25. The summed E-state index contributed by atoms with van der Waals surface area (Å²) in [5.74, 6) is 3.59. The molecule has 2 nitrogen and oxygen atoms in total. The summed E-state index contributed by atoms with van der Waals surface area (Å²) in [5, 5.41) is 3.85. The highest BCUT2D eigenvalue weighted by molar-refractivity contribution is 4.89. The molecule has 0 aliphatic heterocycles. The first kappa shape index (κ1) is 17.3. The van der Waals surface area contributed by atoms with E-state index in [-0.39, 0.29) is 0 Å². The molecule has 4 atom stereocenters. The predicted octanol–water partition coefficient (Wildman–Crippen LogP) is 4.16. The van der Waals surface area contributed by atoms with Gasteiger partial charge in [-0.1, -0.05) is 33.6 Å². The molecule has 2 aliphatic carbocycles. The molecule has 124 valence electrons. The first-order valence-corrected chi connectivity index (χ1v) is 9.52. The van der Waals surface area contributed by atoms with Crippen molar-refractivity contribution in [1.29, 1.82) is 0 Å². The molecule has 1 N–H and O–H groups in total. The summed E-state index contributed by atoms with van der Waals surface area (Å²) in [6.45, 7) is 11.0. The van der Waals surface area contributed by atoms with Gasteiger partial charge in [-0.15, -0.1) is 0 Å². The van der Waals surface area contributed by atoms with Gasteiger partial charge >= 0.3 is 0 Å². The Kier molecular flexibility index (Phi) is 7.01. The van der Waals surface area contributed by atoms with Crippen LogP contribution >= 0.6 is 0 Å². The average molecular weight is 295 g/mol. The highest BCUT2D eigenvalue weighted by atomic mass is 15.1. The standard InChI is InChI=1S/C19H38N2/c1-5-10-20-19-12-15(2)11-16(3)18(19)14-21(4)13-17-8-6-7-9-17/h15-20H,5-14H2,1-4H3. The number of hydrogen-bond acceptors (Lipinski definition) is 2. The average Bonchev–Trinajstić information content (AvgIpc) is 2.92. The van der Waals surface area contributed by atoms with Crippen molar-refractivity contribution in [2.75, 3.05) is 26.7 Å². The van der Waals surface area contributed by atoms with Crippen LogP contribution in [0.2, 0.25) is 0 Å². The van der Waals surface area contributed by atoms with Crippen LogP contribution in [0.25, 0.3) is 0 Å². The first-order valence-electron chi connectivity index (χ1n) is 9.52. The van der Waals surface area contributed by atoms with E-state index in [2.05, 4.69) is 38.0 Å². The van der Waals surface area contributed by atoms with Gasteiger partial charge in [0, 0.05) is 19.1 Å². The lowest BCUT2D eigenvalue weighted by atomic mass is 9.72. The van der Waals surface area contributed by atoms with Crippen LogP contribution < -0.4 is 5.32 Å². The zero-order valence-electron chi connectivity index (χ0n) is 14.9.